The molecule has 0 bridgehead atoms. The fourth-order valence-corrected chi connectivity index (χ4v) is 6.99. The largest absolute Gasteiger partial charge is 0.436 e. The number of fused-ring (bicyclic) bond motifs is 1. The predicted molar refractivity (Wildman–Crippen MR) is 177 cm³/mol. The average molecular weight is 721 g/mol. The van der Waals surface area contributed by atoms with E-state index in [9.17, 15) is 37.7 Å². The Morgan fingerprint density at radius 3 is 2.30 bits per heavy atom. The maximum Gasteiger partial charge on any atom is 0.414 e. The van der Waals surface area contributed by atoms with Crippen LogP contribution in [-0.4, -0.2) is 79.6 Å². The highest BCUT2D eigenvalue weighted by atomic mass is 35.5. The number of anilines is 1. The third-order valence-corrected chi connectivity index (χ3v) is 9.80. The van der Waals surface area contributed by atoms with Crippen molar-refractivity contribution < 1.29 is 32.5 Å². The summed E-state index contributed by atoms with van der Waals surface area (Å²) in [6.07, 6.45) is -0.644. The lowest BCUT2D eigenvalue weighted by molar-refractivity contribution is -0.387. The van der Waals surface area contributed by atoms with E-state index in [0.717, 1.165) is 27.7 Å². The number of H-pyrrole nitrogens is 1. The van der Waals surface area contributed by atoms with Crippen molar-refractivity contribution in [3.05, 3.63) is 122 Å². The van der Waals surface area contributed by atoms with Crippen LogP contribution in [0.25, 0.3) is 11.2 Å². The molecule has 1 aliphatic rings. The van der Waals surface area contributed by atoms with Crippen LogP contribution in [0.1, 0.15) is 17.2 Å². The minimum absolute atomic E-state index is 0.0537. The first-order valence-electron chi connectivity index (χ1n) is 14.7. The van der Waals surface area contributed by atoms with Crippen LogP contribution in [0.4, 0.5) is 16.4 Å². The van der Waals surface area contributed by atoms with Gasteiger partial charge in [0.2, 0.25) is 11.9 Å². The Morgan fingerprint density at radius 2 is 1.68 bits per heavy atom. The van der Waals surface area contributed by atoms with Crippen LogP contribution in [0.3, 0.4) is 0 Å². The quantitative estimate of drug-likeness (QED) is 0.166. The minimum Gasteiger partial charge on any atom is -0.436 e. The lowest BCUT2D eigenvalue weighted by Crippen LogP contribution is -2.54. The van der Waals surface area contributed by atoms with Crippen LogP contribution in [0.15, 0.2) is 94.9 Å². The van der Waals surface area contributed by atoms with Gasteiger partial charge in [0.25, 0.3) is 27.2 Å². The summed E-state index contributed by atoms with van der Waals surface area (Å²) in [5, 5.41) is 13.9. The number of nitrogens with zero attached hydrogens (tertiary/aromatic N) is 6. The number of hydrogen-bond acceptors (Lipinski definition) is 11. The number of aromatic nitrogens is 4. The summed E-state index contributed by atoms with van der Waals surface area (Å²) in [5.41, 5.74) is -0.396. The van der Waals surface area contributed by atoms with Crippen LogP contribution >= 0.6 is 11.6 Å². The van der Waals surface area contributed by atoms with Gasteiger partial charge >= 0.3 is 6.09 Å². The number of piperazine rings is 1. The third kappa shape index (κ3) is 6.74. The van der Waals surface area contributed by atoms with Crippen molar-refractivity contribution in [3.8, 4) is 0 Å². The average Bonchev–Trinajstić information content (AvgIpc) is 3.58. The fourth-order valence-electron chi connectivity index (χ4n) is 5.30. The van der Waals surface area contributed by atoms with Gasteiger partial charge in [0, 0.05) is 17.6 Å². The zero-order valence-electron chi connectivity index (χ0n) is 25.6. The van der Waals surface area contributed by atoms with E-state index in [1.807, 2.05) is 12.1 Å². The number of ether oxygens (including phenoxy) is 1. The maximum atomic E-state index is 13.5. The molecule has 0 saturated carbocycles. The number of nitrogens with one attached hydrogen (secondary N) is 2. The summed E-state index contributed by atoms with van der Waals surface area (Å²) < 4.78 is 33.6. The first-order valence-corrected chi connectivity index (χ1v) is 16.5. The number of rotatable bonds is 9. The molecule has 3 amide bonds. The Morgan fingerprint density at radius 1 is 1.02 bits per heavy atom. The zero-order chi connectivity index (χ0) is 35.6. The number of carbonyl (C=O) groups is 3. The molecule has 50 heavy (non-hydrogen) atoms. The summed E-state index contributed by atoms with van der Waals surface area (Å²) in [7, 11) is -4.70. The normalized spacial score (nSPS) is 13.4. The number of amides is 3. The molecule has 2 N–H and O–H groups in total. The van der Waals surface area contributed by atoms with Gasteiger partial charge in [-0.05, 0) is 23.3 Å². The number of benzene rings is 3. The summed E-state index contributed by atoms with van der Waals surface area (Å²) in [4.78, 5) is 75.0. The molecule has 2 aromatic heterocycles. The van der Waals surface area contributed by atoms with Crippen molar-refractivity contribution in [3.63, 3.8) is 0 Å². The van der Waals surface area contributed by atoms with Crippen LogP contribution < -0.4 is 10.9 Å². The number of sulfonamides is 1. The van der Waals surface area contributed by atoms with E-state index in [1.54, 1.807) is 48.5 Å². The number of nitro benzene ring substituents is 1. The topological polar surface area (TPSA) is 220 Å². The summed E-state index contributed by atoms with van der Waals surface area (Å²) >= 11 is 5.81. The second-order valence-electron chi connectivity index (χ2n) is 10.8. The highest BCUT2D eigenvalue weighted by Gasteiger charge is 2.39. The van der Waals surface area contributed by atoms with E-state index in [1.165, 1.54) is 6.33 Å². The highest BCUT2D eigenvalue weighted by Crippen LogP contribution is 2.31. The second-order valence-corrected chi connectivity index (χ2v) is 13.1. The molecular formula is C31H25ClN8O9S. The monoisotopic (exact) mass is 720 g/mol. The van der Waals surface area contributed by atoms with Crippen molar-refractivity contribution in [1.82, 2.24) is 28.7 Å². The van der Waals surface area contributed by atoms with Crippen LogP contribution in [0, 0.1) is 10.1 Å². The van der Waals surface area contributed by atoms with E-state index in [-0.39, 0.29) is 28.7 Å². The smallest absolute Gasteiger partial charge is 0.414 e. The van der Waals surface area contributed by atoms with Gasteiger partial charge in [0.05, 0.1) is 17.8 Å². The molecule has 19 heteroatoms. The molecule has 0 unspecified atom stereocenters. The first kappa shape index (κ1) is 33.7. The number of carbonyl (C=O) groups excluding carboxylic acids is 3. The van der Waals surface area contributed by atoms with Crippen molar-refractivity contribution in [2.45, 2.75) is 17.5 Å². The van der Waals surface area contributed by atoms with Crippen LogP contribution in [0.5, 0.6) is 0 Å². The number of halogens is 1. The molecule has 1 saturated heterocycles. The SMILES string of the molecule is O=C(Nc1nc2nc[nH]c2c(=O)n1CC(=O)N1CCN(S(=O)(=O)c2ccc(Cl)cc2[N+](=O)[O-])C(=O)C1)OC(c1ccccc1)c1ccccc1. The number of imidazole rings is 1. The van der Waals surface area contributed by atoms with Gasteiger partial charge in [0.1, 0.15) is 13.1 Å². The fraction of sp³-hybridized carbons (Fsp3) is 0.161. The zero-order valence-corrected chi connectivity index (χ0v) is 27.2. The third-order valence-electron chi connectivity index (χ3n) is 7.70. The van der Waals surface area contributed by atoms with Gasteiger partial charge in [0.15, 0.2) is 22.2 Å². The lowest BCUT2D eigenvalue weighted by Gasteiger charge is -2.33. The van der Waals surface area contributed by atoms with Gasteiger partial charge in [-0.25, -0.2) is 22.5 Å². The van der Waals surface area contributed by atoms with Gasteiger partial charge in [-0.1, -0.05) is 72.3 Å². The molecule has 0 atom stereocenters. The molecule has 3 aromatic carbocycles. The lowest BCUT2D eigenvalue weighted by atomic mass is 10.0. The van der Waals surface area contributed by atoms with Gasteiger partial charge in [-0.2, -0.15) is 4.98 Å². The molecule has 256 valence electrons. The van der Waals surface area contributed by atoms with Gasteiger partial charge in [-0.15, -0.1) is 0 Å². The van der Waals surface area contributed by atoms with Crippen molar-refractivity contribution in [1.29, 1.82) is 0 Å². The standard InChI is InChI=1S/C31H25ClN8O9S/c32-21-11-12-23(22(15-21)40(45)46)50(47,48)39-14-13-37(16-25(39)42)24(41)17-38-29(43)26-28(34-18-33-26)35-30(38)36-31(44)49-27(19-7-3-1-4-8-19)20-9-5-2-6-10-20/h1-12,15,18,27H,13-14,16-17H2,(H,33,34)(H,35,36,44). The van der Waals surface area contributed by atoms with E-state index in [0.29, 0.717) is 15.4 Å². The Balaban J connectivity index is 1.22. The molecular weight excluding hydrogens is 696 g/mol. The molecule has 1 fully saturated rings. The predicted octanol–water partition coefficient (Wildman–Crippen LogP) is 3.08. The Labute approximate surface area is 287 Å². The van der Waals surface area contributed by atoms with Crippen LogP contribution in [0.2, 0.25) is 5.02 Å². The van der Waals surface area contributed by atoms with E-state index < -0.39 is 74.7 Å². The number of nitro groups is 1. The van der Waals surface area contributed by atoms with E-state index >= 15 is 0 Å². The molecule has 5 aromatic rings. The Hall–Kier alpha value is -6.14. The summed E-state index contributed by atoms with van der Waals surface area (Å²) in [6.45, 7) is -2.29. The number of aromatic amines is 1. The molecule has 1 aliphatic heterocycles. The van der Waals surface area contributed by atoms with Crippen LogP contribution in [-0.2, 0) is 30.9 Å². The Kier molecular flexibility index (Phi) is 9.29. The van der Waals surface area contributed by atoms with Crippen molar-refractivity contribution in [2.24, 2.45) is 0 Å². The van der Waals surface area contributed by atoms with Crippen molar-refractivity contribution >= 4 is 62.3 Å². The summed E-state index contributed by atoms with van der Waals surface area (Å²) in [6, 6.07) is 20.8. The van der Waals surface area contributed by atoms with Gasteiger partial charge < -0.3 is 14.6 Å². The van der Waals surface area contributed by atoms with E-state index in [4.69, 9.17) is 16.3 Å². The maximum absolute atomic E-state index is 13.5. The molecule has 0 spiro atoms. The van der Waals surface area contributed by atoms with Crippen molar-refractivity contribution in [2.75, 3.05) is 25.0 Å². The molecule has 0 aliphatic carbocycles. The molecule has 17 nitrogen and oxygen atoms in total. The first-order chi connectivity index (χ1) is 23.9. The highest BCUT2D eigenvalue weighted by molar-refractivity contribution is 7.89. The van der Waals surface area contributed by atoms with Gasteiger partial charge in [-0.3, -0.25) is 34.4 Å². The molecule has 6 rings (SSSR count). The molecule has 0 radical (unpaired) electrons. The second kappa shape index (κ2) is 13.8. The Bertz CT molecular complexity index is 2260. The summed E-state index contributed by atoms with van der Waals surface area (Å²) in [5.74, 6) is -2.22. The number of hydrogen-bond donors (Lipinski definition) is 2. The van der Waals surface area contributed by atoms with E-state index in [2.05, 4.69) is 20.3 Å². The molecule has 3 heterocycles. The minimum atomic E-state index is -4.70.